The van der Waals surface area contributed by atoms with E-state index in [0.717, 1.165) is 12.2 Å². The molecule has 1 aliphatic carbocycles. The number of rotatable bonds is 17. The highest BCUT2D eigenvalue weighted by Gasteiger charge is 2.34. The molecule has 1 unspecified atom stereocenters. The number of carboxylic acids is 2. The second-order valence-electron chi connectivity index (χ2n) is 9.64. The van der Waals surface area contributed by atoms with Crippen molar-refractivity contribution in [3.8, 4) is 0 Å². The van der Waals surface area contributed by atoms with E-state index in [1.807, 2.05) is 12.4 Å². The molecule has 192 valence electrons. The number of unbranched alkanes of at least 4 members (excludes halogenated alkanes) is 13. The lowest BCUT2D eigenvalue weighted by molar-refractivity contribution is -0.145. The Morgan fingerprint density at radius 3 is 1.88 bits per heavy atom. The van der Waals surface area contributed by atoms with Crippen LogP contribution in [0.1, 0.15) is 116 Å². The maximum Gasteiger partial charge on any atom is 0.331 e. The summed E-state index contributed by atoms with van der Waals surface area (Å²) in [6, 6.07) is 0. The van der Waals surface area contributed by atoms with Gasteiger partial charge in [-0.15, -0.1) is 0 Å². The Labute approximate surface area is 206 Å². The third-order valence-corrected chi connectivity index (χ3v) is 6.40. The normalized spacial score (nSPS) is 17.1. The molecule has 1 heterocycles. The molecule has 0 fully saturated rings. The Hall–Kier alpha value is -2.37. The largest absolute Gasteiger partial charge is 0.481 e. The summed E-state index contributed by atoms with van der Waals surface area (Å²) in [5, 5.41) is 17.5. The van der Waals surface area contributed by atoms with E-state index < -0.39 is 17.4 Å². The van der Waals surface area contributed by atoms with Crippen LogP contribution in [0.5, 0.6) is 0 Å². The van der Waals surface area contributed by atoms with E-state index in [-0.39, 0.29) is 12.0 Å². The highest BCUT2D eigenvalue weighted by atomic mass is 16.4. The molecule has 6 heteroatoms. The van der Waals surface area contributed by atoms with Crippen molar-refractivity contribution in [1.82, 2.24) is 9.97 Å². The first-order valence-corrected chi connectivity index (χ1v) is 13.2. The van der Waals surface area contributed by atoms with E-state index in [1.54, 1.807) is 0 Å². The summed E-state index contributed by atoms with van der Waals surface area (Å²) in [6.07, 6.45) is 29.2. The van der Waals surface area contributed by atoms with E-state index >= 15 is 0 Å². The minimum atomic E-state index is -1.08. The number of carbonyl (C=O) groups is 2. The van der Waals surface area contributed by atoms with E-state index in [0.29, 0.717) is 0 Å². The molecule has 2 rings (SSSR count). The lowest BCUT2D eigenvalue weighted by Gasteiger charge is -2.23. The molecular formula is C28H46N2O4. The second-order valence-corrected chi connectivity index (χ2v) is 9.64. The Morgan fingerprint density at radius 2 is 1.44 bits per heavy atom. The number of aliphatic carboxylic acids is 2. The van der Waals surface area contributed by atoms with Gasteiger partial charge in [0.2, 0.25) is 0 Å². The third-order valence-electron chi connectivity index (χ3n) is 6.40. The summed E-state index contributed by atoms with van der Waals surface area (Å²) >= 11 is 0. The van der Waals surface area contributed by atoms with E-state index in [4.69, 9.17) is 10.2 Å². The number of aromatic nitrogens is 2. The van der Waals surface area contributed by atoms with Gasteiger partial charge in [0.05, 0.1) is 5.41 Å². The topological polar surface area (TPSA) is 103 Å². The van der Waals surface area contributed by atoms with Crippen molar-refractivity contribution in [2.45, 2.75) is 117 Å². The number of aryl methyl sites for hydroxylation is 1. The van der Waals surface area contributed by atoms with Crippen LogP contribution in [0.15, 0.2) is 36.2 Å². The lowest BCUT2D eigenvalue weighted by atomic mass is 9.80. The molecule has 0 radical (unpaired) electrons. The zero-order valence-electron chi connectivity index (χ0n) is 21.4. The maximum atomic E-state index is 10.8. The predicted octanol–water partition coefficient (Wildman–Crippen LogP) is 7.48. The van der Waals surface area contributed by atoms with Crippen molar-refractivity contribution in [2.75, 3.05) is 0 Å². The zero-order valence-corrected chi connectivity index (χ0v) is 21.4. The lowest BCUT2D eigenvalue weighted by Crippen LogP contribution is -2.28. The van der Waals surface area contributed by atoms with Gasteiger partial charge in [-0.05, 0) is 19.8 Å². The van der Waals surface area contributed by atoms with Crippen LogP contribution >= 0.6 is 0 Å². The summed E-state index contributed by atoms with van der Waals surface area (Å²) in [5.74, 6) is -0.915. The Bertz CT molecular complexity index is 740. The Kier molecular flexibility index (Phi) is 15.7. The fourth-order valence-electron chi connectivity index (χ4n) is 4.11. The van der Waals surface area contributed by atoms with Gasteiger partial charge in [0, 0.05) is 24.4 Å². The van der Waals surface area contributed by atoms with Crippen LogP contribution in [-0.2, 0) is 16.0 Å². The Morgan fingerprint density at radius 1 is 0.912 bits per heavy atom. The monoisotopic (exact) mass is 474 g/mol. The molecule has 6 nitrogen and oxygen atoms in total. The number of H-pyrrole nitrogens is 1. The van der Waals surface area contributed by atoms with E-state index in [2.05, 4.69) is 16.9 Å². The number of aromatic amines is 1. The molecule has 3 N–H and O–H groups in total. The fraction of sp³-hybridized carbons (Fsp3) is 0.679. The maximum absolute atomic E-state index is 10.8. The number of nitrogens with one attached hydrogen (secondary N) is 1. The quantitative estimate of drug-likeness (QED) is 0.203. The number of hydrogen-bond donors (Lipinski definition) is 3. The molecule has 0 amide bonds. The van der Waals surface area contributed by atoms with Crippen molar-refractivity contribution in [3.63, 3.8) is 0 Å². The van der Waals surface area contributed by atoms with E-state index in [9.17, 15) is 9.59 Å². The first kappa shape index (κ1) is 29.7. The molecule has 1 atom stereocenters. The van der Waals surface area contributed by atoms with Crippen molar-refractivity contribution in [2.24, 2.45) is 5.41 Å². The van der Waals surface area contributed by atoms with Gasteiger partial charge in [-0.1, -0.05) is 109 Å². The molecule has 1 aromatic rings. The minimum Gasteiger partial charge on any atom is -0.481 e. The summed E-state index contributed by atoms with van der Waals surface area (Å²) in [5.41, 5.74) is -0.949. The molecule has 0 saturated carbocycles. The van der Waals surface area contributed by atoms with Gasteiger partial charge in [-0.25, -0.2) is 9.78 Å². The number of imidazole rings is 1. The zero-order chi connectivity index (χ0) is 25.1. The minimum absolute atomic E-state index is 0.0359. The average Bonchev–Trinajstić information content (AvgIpc) is 3.33. The number of carboxylic acid groups (broad SMARTS) is 2. The molecule has 0 aromatic carbocycles. The summed E-state index contributed by atoms with van der Waals surface area (Å²) in [4.78, 5) is 28.8. The number of allylic oxidation sites excluding steroid dienone is 2. The summed E-state index contributed by atoms with van der Waals surface area (Å²) < 4.78 is 0. The standard InChI is InChI=1S/C19H36N2.C9H10O4/c1-2-3-4-5-6-7-8-9-10-11-12-13-14-15-16-19-20-17-18-21-19;1-9(8(12)13)4-2-3-6(5-9)7(10)11/h17-18H,2-16H2,1H3,(H,20,21);2-4H,5H2,1H3,(H,10,11)(H,12,13). The highest BCUT2D eigenvalue weighted by molar-refractivity contribution is 5.90. The number of nitrogens with zero attached hydrogens (tertiary/aromatic N) is 1. The van der Waals surface area contributed by atoms with Gasteiger partial charge in [0.15, 0.2) is 0 Å². The van der Waals surface area contributed by atoms with Gasteiger partial charge in [0.25, 0.3) is 0 Å². The van der Waals surface area contributed by atoms with Crippen molar-refractivity contribution in [1.29, 1.82) is 0 Å². The summed E-state index contributed by atoms with van der Waals surface area (Å²) in [7, 11) is 0. The molecule has 0 spiro atoms. The molecule has 1 aliphatic rings. The van der Waals surface area contributed by atoms with Gasteiger partial charge >= 0.3 is 11.9 Å². The first-order valence-electron chi connectivity index (χ1n) is 13.2. The summed E-state index contributed by atoms with van der Waals surface area (Å²) in [6.45, 7) is 3.79. The van der Waals surface area contributed by atoms with Gasteiger partial charge in [0.1, 0.15) is 5.82 Å². The van der Waals surface area contributed by atoms with Gasteiger partial charge < -0.3 is 15.2 Å². The van der Waals surface area contributed by atoms with Crippen LogP contribution in [0.2, 0.25) is 0 Å². The van der Waals surface area contributed by atoms with Crippen molar-refractivity contribution >= 4 is 11.9 Å². The van der Waals surface area contributed by atoms with Crippen molar-refractivity contribution < 1.29 is 19.8 Å². The molecule has 0 saturated heterocycles. The van der Waals surface area contributed by atoms with E-state index in [1.165, 1.54) is 115 Å². The molecule has 1 aromatic heterocycles. The van der Waals surface area contributed by atoms with Crippen LogP contribution in [0.4, 0.5) is 0 Å². The average molecular weight is 475 g/mol. The third kappa shape index (κ3) is 13.4. The van der Waals surface area contributed by atoms with Gasteiger partial charge in [-0.3, -0.25) is 4.79 Å². The highest BCUT2D eigenvalue weighted by Crippen LogP contribution is 2.31. The number of hydrogen-bond acceptors (Lipinski definition) is 3. The second kappa shape index (κ2) is 18.0. The van der Waals surface area contributed by atoms with Crippen LogP contribution in [0.25, 0.3) is 0 Å². The van der Waals surface area contributed by atoms with Crippen LogP contribution in [0.3, 0.4) is 0 Å². The smallest absolute Gasteiger partial charge is 0.331 e. The predicted molar refractivity (Wildman–Crippen MR) is 138 cm³/mol. The Balaban J connectivity index is 0.000000380. The molecule has 0 aliphatic heterocycles. The molecular weight excluding hydrogens is 428 g/mol. The van der Waals surface area contributed by atoms with Gasteiger partial charge in [-0.2, -0.15) is 0 Å². The first-order chi connectivity index (χ1) is 16.4. The van der Waals surface area contributed by atoms with Crippen LogP contribution in [-0.4, -0.2) is 32.1 Å². The fourth-order valence-corrected chi connectivity index (χ4v) is 4.11. The van der Waals surface area contributed by atoms with Crippen LogP contribution < -0.4 is 0 Å². The van der Waals surface area contributed by atoms with Crippen molar-refractivity contribution in [3.05, 3.63) is 42.0 Å². The molecule has 0 bridgehead atoms. The molecule has 34 heavy (non-hydrogen) atoms. The van der Waals surface area contributed by atoms with Crippen LogP contribution in [0, 0.1) is 5.41 Å². The SMILES string of the molecule is CC1(C(=O)O)C=CC=C(C(=O)O)C1.CCCCCCCCCCCCCCCCc1ncc[nH]1.